The minimum atomic E-state index is -0.674. The summed E-state index contributed by atoms with van der Waals surface area (Å²) in [5.41, 5.74) is -1.10. The summed E-state index contributed by atoms with van der Waals surface area (Å²) in [6.45, 7) is 4.26. The quantitative estimate of drug-likeness (QED) is 0.695. The maximum Gasteiger partial charge on any atom is 0.0865 e. The van der Waals surface area contributed by atoms with Crippen LogP contribution in [0.3, 0.4) is 0 Å². The number of nitrogens with zero attached hydrogens (tertiary/aromatic N) is 1. The van der Waals surface area contributed by atoms with Gasteiger partial charge in [0.15, 0.2) is 0 Å². The van der Waals surface area contributed by atoms with Crippen LogP contribution >= 0.6 is 0 Å². The zero-order valence-corrected chi connectivity index (χ0v) is 9.08. The first-order chi connectivity index (χ1) is 6.54. The molecule has 14 heavy (non-hydrogen) atoms. The van der Waals surface area contributed by atoms with E-state index in [0.717, 1.165) is 32.1 Å². The first-order valence-electron chi connectivity index (χ1n) is 5.68. The van der Waals surface area contributed by atoms with E-state index >= 15 is 0 Å². The maximum atomic E-state index is 10.5. The van der Waals surface area contributed by atoms with Gasteiger partial charge in [-0.15, -0.1) is 0 Å². The monoisotopic (exact) mass is 193 g/mol. The molecule has 2 aliphatic carbocycles. The van der Waals surface area contributed by atoms with Gasteiger partial charge in [0.05, 0.1) is 17.1 Å². The normalized spacial score (nSPS) is 52.4. The van der Waals surface area contributed by atoms with E-state index < -0.39 is 11.0 Å². The molecular formula is C12H19NO. The van der Waals surface area contributed by atoms with Crippen LogP contribution in [0.4, 0.5) is 0 Å². The summed E-state index contributed by atoms with van der Waals surface area (Å²) in [4.78, 5) is 0. The Morgan fingerprint density at radius 1 is 1.29 bits per heavy atom. The third-order valence-corrected chi connectivity index (χ3v) is 4.58. The zero-order chi connectivity index (χ0) is 10.4. The lowest BCUT2D eigenvalue weighted by molar-refractivity contribution is -0.157. The first kappa shape index (κ1) is 9.98. The lowest BCUT2D eigenvalue weighted by Crippen LogP contribution is -2.57. The Morgan fingerprint density at radius 2 is 2.00 bits per heavy atom. The highest BCUT2D eigenvalue weighted by Crippen LogP contribution is 2.58. The molecule has 1 N–H and O–H groups in total. The first-order valence-corrected chi connectivity index (χ1v) is 5.68. The molecule has 0 aliphatic heterocycles. The van der Waals surface area contributed by atoms with Crippen LogP contribution in [0.15, 0.2) is 0 Å². The topological polar surface area (TPSA) is 44.0 Å². The van der Waals surface area contributed by atoms with Crippen molar-refractivity contribution < 1.29 is 5.11 Å². The molecule has 4 atom stereocenters. The second kappa shape index (κ2) is 2.97. The minimum absolute atomic E-state index is 0.312. The number of nitriles is 1. The van der Waals surface area contributed by atoms with Gasteiger partial charge in [-0.1, -0.05) is 13.8 Å². The van der Waals surface area contributed by atoms with Crippen molar-refractivity contribution in [2.75, 3.05) is 0 Å². The maximum absolute atomic E-state index is 10.5. The average molecular weight is 193 g/mol. The van der Waals surface area contributed by atoms with Crippen molar-refractivity contribution in [2.45, 2.75) is 51.6 Å². The SMILES string of the molecule is CC1CCC(C#N)(C2(O)CCC2C)C1. The Hall–Kier alpha value is -0.550. The van der Waals surface area contributed by atoms with Crippen LogP contribution in [0.25, 0.3) is 0 Å². The molecule has 0 spiro atoms. The summed E-state index contributed by atoms with van der Waals surface area (Å²) in [6.07, 6.45) is 4.79. The molecule has 0 heterocycles. The molecule has 2 saturated carbocycles. The van der Waals surface area contributed by atoms with Crippen molar-refractivity contribution in [1.82, 2.24) is 0 Å². The molecule has 0 radical (unpaired) electrons. The van der Waals surface area contributed by atoms with Crippen LogP contribution in [0.5, 0.6) is 0 Å². The summed E-state index contributed by atoms with van der Waals surface area (Å²) < 4.78 is 0. The van der Waals surface area contributed by atoms with Crippen molar-refractivity contribution >= 4 is 0 Å². The van der Waals surface area contributed by atoms with E-state index in [2.05, 4.69) is 19.9 Å². The highest BCUT2D eigenvalue weighted by molar-refractivity contribution is 5.19. The van der Waals surface area contributed by atoms with Gasteiger partial charge >= 0.3 is 0 Å². The predicted octanol–water partition coefficient (Wildman–Crippen LogP) is 2.48. The molecule has 0 amide bonds. The van der Waals surface area contributed by atoms with Crippen molar-refractivity contribution in [1.29, 1.82) is 5.26 Å². The van der Waals surface area contributed by atoms with E-state index in [0.29, 0.717) is 11.8 Å². The molecule has 2 heteroatoms. The average Bonchev–Trinajstić information content (AvgIpc) is 2.58. The van der Waals surface area contributed by atoms with Crippen LogP contribution in [-0.4, -0.2) is 10.7 Å². The standard InChI is InChI=1S/C12H19NO/c1-9-3-5-11(7-9,8-13)12(14)6-4-10(12)2/h9-10,14H,3-7H2,1-2H3. The fourth-order valence-corrected chi connectivity index (χ4v) is 3.30. The molecule has 4 unspecified atom stereocenters. The predicted molar refractivity (Wildman–Crippen MR) is 54.4 cm³/mol. The zero-order valence-electron chi connectivity index (χ0n) is 9.08. The third-order valence-electron chi connectivity index (χ3n) is 4.58. The number of aliphatic hydroxyl groups is 1. The Kier molecular flexibility index (Phi) is 2.12. The fourth-order valence-electron chi connectivity index (χ4n) is 3.30. The fraction of sp³-hybridized carbons (Fsp3) is 0.917. The number of hydrogen-bond donors (Lipinski definition) is 1. The van der Waals surface area contributed by atoms with Gasteiger partial charge in [0.1, 0.15) is 0 Å². The molecule has 2 aliphatic rings. The van der Waals surface area contributed by atoms with Crippen molar-refractivity contribution in [3.05, 3.63) is 0 Å². The van der Waals surface area contributed by atoms with Crippen LogP contribution in [0, 0.1) is 28.6 Å². The van der Waals surface area contributed by atoms with Crippen molar-refractivity contribution in [3.63, 3.8) is 0 Å². The van der Waals surface area contributed by atoms with Gasteiger partial charge in [0.2, 0.25) is 0 Å². The highest BCUT2D eigenvalue weighted by Gasteiger charge is 2.60. The van der Waals surface area contributed by atoms with Gasteiger partial charge in [-0.25, -0.2) is 0 Å². The second-order valence-electron chi connectivity index (χ2n) is 5.41. The summed E-state index contributed by atoms with van der Waals surface area (Å²) in [5, 5.41) is 19.9. The van der Waals surface area contributed by atoms with Gasteiger partial charge in [-0.05, 0) is 43.9 Å². The molecule has 0 saturated heterocycles. The molecular weight excluding hydrogens is 174 g/mol. The van der Waals surface area contributed by atoms with Gasteiger partial charge in [0.25, 0.3) is 0 Å². The minimum Gasteiger partial charge on any atom is -0.388 e. The molecule has 0 aromatic rings. The highest BCUT2D eigenvalue weighted by atomic mass is 16.3. The van der Waals surface area contributed by atoms with Crippen molar-refractivity contribution in [2.24, 2.45) is 17.3 Å². The lowest BCUT2D eigenvalue weighted by Gasteiger charge is -2.52. The van der Waals surface area contributed by atoms with Crippen LogP contribution in [0.1, 0.15) is 46.0 Å². The second-order valence-corrected chi connectivity index (χ2v) is 5.41. The van der Waals surface area contributed by atoms with E-state index in [4.69, 9.17) is 0 Å². The van der Waals surface area contributed by atoms with Crippen molar-refractivity contribution in [3.8, 4) is 6.07 Å². The summed E-state index contributed by atoms with van der Waals surface area (Å²) >= 11 is 0. The summed E-state index contributed by atoms with van der Waals surface area (Å²) in [5.74, 6) is 0.916. The Labute approximate surface area is 85.9 Å². The van der Waals surface area contributed by atoms with E-state index in [1.54, 1.807) is 0 Å². The van der Waals surface area contributed by atoms with E-state index in [9.17, 15) is 10.4 Å². The van der Waals surface area contributed by atoms with Crippen LogP contribution < -0.4 is 0 Å². The van der Waals surface area contributed by atoms with Gasteiger partial charge in [-0.2, -0.15) is 5.26 Å². The summed E-state index contributed by atoms with van der Waals surface area (Å²) in [6, 6.07) is 2.43. The third kappa shape index (κ3) is 1.05. The van der Waals surface area contributed by atoms with Crippen LogP contribution in [-0.2, 0) is 0 Å². The van der Waals surface area contributed by atoms with E-state index in [1.807, 2.05) is 0 Å². The van der Waals surface area contributed by atoms with Gasteiger partial charge in [-0.3, -0.25) is 0 Å². The Morgan fingerprint density at radius 3 is 2.29 bits per heavy atom. The van der Waals surface area contributed by atoms with Crippen LogP contribution in [0.2, 0.25) is 0 Å². The molecule has 0 aromatic heterocycles. The van der Waals surface area contributed by atoms with E-state index in [-0.39, 0.29) is 0 Å². The lowest BCUT2D eigenvalue weighted by atomic mass is 9.55. The largest absolute Gasteiger partial charge is 0.388 e. The van der Waals surface area contributed by atoms with Gasteiger partial charge in [0, 0.05) is 0 Å². The smallest absolute Gasteiger partial charge is 0.0865 e. The Bertz CT molecular complexity index is 283. The molecule has 2 fully saturated rings. The van der Waals surface area contributed by atoms with Gasteiger partial charge < -0.3 is 5.11 Å². The molecule has 0 bridgehead atoms. The molecule has 0 aromatic carbocycles. The van der Waals surface area contributed by atoms with E-state index in [1.165, 1.54) is 0 Å². The number of hydrogen-bond acceptors (Lipinski definition) is 2. The summed E-state index contributed by atoms with van der Waals surface area (Å²) in [7, 11) is 0. The molecule has 2 rings (SSSR count). The number of rotatable bonds is 1. The Balaban J connectivity index is 2.26. The molecule has 2 nitrogen and oxygen atoms in total. The molecule has 78 valence electrons.